The van der Waals surface area contributed by atoms with Crippen LogP contribution < -0.4 is 5.32 Å². The van der Waals surface area contributed by atoms with Gasteiger partial charge in [0.2, 0.25) is 5.91 Å². The third-order valence-corrected chi connectivity index (χ3v) is 6.77. The van der Waals surface area contributed by atoms with E-state index in [2.05, 4.69) is 27.0 Å². The molecule has 4 rings (SSSR count). The van der Waals surface area contributed by atoms with E-state index in [1.54, 1.807) is 11.3 Å². The highest BCUT2D eigenvalue weighted by Crippen LogP contribution is 2.29. The fourth-order valence-corrected chi connectivity index (χ4v) is 4.61. The summed E-state index contributed by atoms with van der Waals surface area (Å²) in [6, 6.07) is 22.0. The molecule has 0 bridgehead atoms. The van der Waals surface area contributed by atoms with Crippen molar-refractivity contribution in [3.05, 3.63) is 82.8 Å². The molecule has 30 heavy (non-hydrogen) atoms. The van der Waals surface area contributed by atoms with Gasteiger partial charge in [-0.15, -0.1) is 21.5 Å². The second kappa shape index (κ2) is 9.28. The van der Waals surface area contributed by atoms with Crippen LogP contribution in [-0.2, 0) is 18.3 Å². The van der Waals surface area contributed by atoms with E-state index in [4.69, 9.17) is 0 Å². The van der Waals surface area contributed by atoms with Crippen LogP contribution in [0.1, 0.15) is 17.6 Å². The van der Waals surface area contributed by atoms with Gasteiger partial charge in [0.1, 0.15) is 5.82 Å². The van der Waals surface area contributed by atoms with Crippen molar-refractivity contribution < 1.29 is 4.79 Å². The summed E-state index contributed by atoms with van der Waals surface area (Å²) in [6.45, 7) is 1.89. The molecule has 2 aromatic carbocycles. The number of amides is 1. The second-order valence-corrected chi connectivity index (χ2v) is 9.22. The van der Waals surface area contributed by atoms with E-state index in [-0.39, 0.29) is 11.2 Å². The Bertz CT molecular complexity index is 1120. The Kier molecular flexibility index (Phi) is 6.30. The largest absolute Gasteiger partial charge is 0.325 e. The molecule has 2 heterocycles. The number of anilines is 1. The number of aromatic nitrogens is 3. The number of rotatable bonds is 7. The maximum Gasteiger partial charge on any atom is 0.237 e. The van der Waals surface area contributed by atoms with Crippen LogP contribution in [0, 0.1) is 0 Å². The first-order valence-electron chi connectivity index (χ1n) is 9.64. The van der Waals surface area contributed by atoms with Crippen molar-refractivity contribution in [2.75, 3.05) is 5.32 Å². The summed E-state index contributed by atoms with van der Waals surface area (Å²) < 4.78 is 1.96. The first-order valence-corrected chi connectivity index (χ1v) is 11.4. The van der Waals surface area contributed by atoms with Gasteiger partial charge < -0.3 is 9.88 Å². The van der Waals surface area contributed by atoms with Crippen LogP contribution in [0.4, 0.5) is 5.69 Å². The molecule has 0 saturated carbocycles. The molecular weight excluding hydrogens is 412 g/mol. The summed E-state index contributed by atoms with van der Waals surface area (Å²) in [5.74, 6) is 0.827. The van der Waals surface area contributed by atoms with Crippen LogP contribution in [0.25, 0.3) is 11.1 Å². The Balaban J connectivity index is 1.45. The quantitative estimate of drug-likeness (QED) is 0.403. The van der Waals surface area contributed by atoms with Gasteiger partial charge in [0.05, 0.1) is 5.25 Å². The number of para-hydroxylation sites is 1. The van der Waals surface area contributed by atoms with Crippen molar-refractivity contribution in [2.45, 2.75) is 23.8 Å². The van der Waals surface area contributed by atoms with E-state index in [1.165, 1.54) is 16.6 Å². The molecule has 0 radical (unpaired) electrons. The Morgan fingerprint density at radius 3 is 2.60 bits per heavy atom. The smallest absolute Gasteiger partial charge is 0.237 e. The molecule has 5 nitrogen and oxygen atoms in total. The molecular formula is C23H22N4OS2. The minimum atomic E-state index is -0.314. The van der Waals surface area contributed by atoms with Gasteiger partial charge in [0.25, 0.3) is 0 Å². The normalized spacial score (nSPS) is 11.9. The van der Waals surface area contributed by atoms with Crippen LogP contribution in [0.2, 0.25) is 0 Å². The summed E-state index contributed by atoms with van der Waals surface area (Å²) in [4.78, 5) is 14.1. The lowest BCUT2D eigenvalue weighted by Gasteiger charge is -2.14. The highest BCUT2D eigenvalue weighted by molar-refractivity contribution is 8.00. The van der Waals surface area contributed by atoms with E-state index >= 15 is 0 Å². The summed E-state index contributed by atoms with van der Waals surface area (Å²) in [7, 11) is 1.95. The highest BCUT2D eigenvalue weighted by atomic mass is 32.2. The SMILES string of the molecule is C[C@H](Sc1nnc(Cc2cccs2)n1C)C(=O)Nc1ccccc1-c1ccccc1. The topological polar surface area (TPSA) is 59.8 Å². The molecule has 0 aliphatic heterocycles. The average Bonchev–Trinajstić information content (AvgIpc) is 3.40. The van der Waals surface area contributed by atoms with Crippen LogP contribution in [0.5, 0.6) is 0 Å². The molecule has 0 aliphatic carbocycles. The Morgan fingerprint density at radius 2 is 1.83 bits per heavy atom. The highest BCUT2D eigenvalue weighted by Gasteiger charge is 2.20. The van der Waals surface area contributed by atoms with Gasteiger partial charge in [0.15, 0.2) is 5.16 Å². The zero-order valence-corrected chi connectivity index (χ0v) is 18.4. The molecule has 0 saturated heterocycles. The Labute approximate surface area is 184 Å². The van der Waals surface area contributed by atoms with Gasteiger partial charge in [-0.1, -0.05) is 66.4 Å². The number of thiophene rings is 1. The maximum absolute atomic E-state index is 12.9. The standard InChI is InChI=1S/C23H22N4OS2/c1-16(30-23-26-25-21(27(23)2)15-18-11-8-14-29-18)22(28)24-20-13-7-6-12-19(20)17-9-4-3-5-10-17/h3-14,16H,15H2,1-2H3,(H,24,28)/t16-/m0/s1. The van der Waals surface area contributed by atoms with Crippen molar-refractivity contribution in [3.8, 4) is 11.1 Å². The lowest BCUT2D eigenvalue weighted by molar-refractivity contribution is -0.115. The van der Waals surface area contributed by atoms with Gasteiger partial charge in [-0.05, 0) is 30.0 Å². The molecule has 1 atom stereocenters. The first-order chi connectivity index (χ1) is 14.6. The molecule has 4 aromatic rings. The number of nitrogens with zero attached hydrogens (tertiary/aromatic N) is 3. The molecule has 0 spiro atoms. The lowest BCUT2D eigenvalue weighted by atomic mass is 10.0. The van der Waals surface area contributed by atoms with Gasteiger partial charge >= 0.3 is 0 Å². The molecule has 0 unspecified atom stereocenters. The Hall–Kier alpha value is -2.90. The number of carbonyl (C=O) groups excluding carboxylic acids is 1. The van der Waals surface area contributed by atoms with Crippen LogP contribution in [0.3, 0.4) is 0 Å². The van der Waals surface area contributed by atoms with E-state index in [0.717, 1.165) is 34.2 Å². The van der Waals surface area contributed by atoms with E-state index in [0.29, 0.717) is 0 Å². The summed E-state index contributed by atoms with van der Waals surface area (Å²) >= 11 is 3.12. The molecule has 1 N–H and O–H groups in total. The van der Waals surface area contributed by atoms with Gasteiger partial charge in [-0.3, -0.25) is 4.79 Å². The third kappa shape index (κ3) is 4.63. The van der Waals surface area contributed by atoms with E-state index in [9.17, 15) is 4.79 Å². The Morgan fingerprint density at radius 1 is 1.07 bits per heavy atom. The number of thioether (sulfide) groups is 1. The summed E-state index contributed by atoms with van der Waals surface area (Å²) in [6.07, 6.45) is 0.743. The molecule has 7 heteroatoms. The zero-order valence-electron chi connectivity index (χ0n) is 16.8. The fourth-order valence-electron chi connectivity index (χ4n) is 3.08. The monoisotopic (exact) mass is 434 g/mol. The predicted octanol–water partition coefficient (Wildman–Crippen LogP) is 5.25. The fraction of sp³-hybridized carbons (Fsp3) is 0.174. The average molecular weight is 435 g/mol. The van der Waals surface area contributed by atoms with Crippen LogP contribution in [-0.4, -0.2) is 25.9 Å². The van der Waals surface area contributed by atoms with E-state index in [1.807, 2.05) is 79.2 Å². The van der Waals surface area contributed by atoms with Crippen LogP contribution >= 0.6 is 23.1 Å². The minimum absolute atomic E-state index is 0.0637. The van der Waals surface area contributed by atoms with Crippen molar-refractivity contribution >= 4 is 34.7 Å². The van der Waals surface area contributed by atoms with Crippen LogP contribution in [0.15, 0.2) is 77.3 Å². The van der Waals surface area contributed by atoms with Gasteiger partial charge in [0, 0.05) is 29.6 Å². The van der Waals surface area contributed by atoms with Gasteiger partial charge in [-0.2, -0.15) is 0 Å². The number of hydrogen-bond acceptors (Lipinski definition) is 5. The molecule has 152 valence electrons. The number of hydrogen-bond donors (Lipinski definition) is 1. The van der Waals surface area contributed by atoms with Crippen molar-refractivity contribution in [2.24, 2.45) is 7.05 Å². The van der Waals surface area contributed by atoms with Crippen molar-refractivity contribution in [3.63, 3.8) is 0 Å². The molecule has 2 aromatic heterocycles. The summed E-state index contributed by atoms with van der Waals surface area (Å²) in [5.41, 5.74) is 2.87. The lowest BCUT2D eigenvalue weighted by Crippen LogP contribution is -2.23. The second-order valence-electron chi connectivity index (χ2n) is 6.87. The number of nitrogens with one attached hydrogen (secondary N) is 1. The molecule has 0 aliphatic rings. The predicted molar refractivity (Wildman–Crippen MR) is 124 cm³/mol. The molecule has 1 amide bonds. The maximum atomic E-state index is 12.9. The number of carbonyl (C=O) groups is 1. The van der Waals surface area contributed by atoms with E-state index < -0.39 is 0 Å². The zero-order chi connectivity index (χ0) is 20.9. The van der Waals surface area contributed by atoms with Crippen molar-refractivity contribution in [1.82, 2.24) is 14.8 Å². The summed E-state index contributed by atoms with van der Waals surface area (Å²) in [5, 5.41) is 14.2. The van der Waals surface area contributed by atoms with Crippen molar-refractivity contribution in [1.29, 1.82) is 0 Å². The number of benzene rings is 2. The first kappa shape index (κ1) is 20.4. The molecule has 0 fully saturated rings. The third-order valence-electron chi connectivity index (χ3n) is 4.76. The van der Waals surface area contributed by atoms with Gasteiger partial charge in [-0.25, -0.2) is 0 Å². The minimum Gasteiger partial charge on any atom is -0.325 e.